The van der Waals surface area contributed by atoms with Crippen molar-refractivity contribution in [2.24, 2.45) is 0 Å². The van der Waals surface area contributed by atoms with Crippen molar-refractivity contribution in [1.82, 2.24) is 0 Å². The Hall–Kier alpha value is -0.960. The molecule has 0 saturated carbocycles. The molecule has 0 fully saturated rings. The predicted octanol–water partition coefficient (Wildman–Crippen LogP) is 3.33. The number of ketones is 1. The first-order valence-corrected chi connectivity index (χ1v) is 6.68. The van der Waals surface area contributed by atoms with Gasteiger partial charge in [-0.3, -0.25) is 4.79 Å². The van der Waals surface area contributed by atoms with Crippen molar-refractivity contribution in [3.05, 3.63) is 29.3 Å². The number of Topliss-reactive ketones (excluding diaryl/α,β-unsaturated/α-hetero) is 1. The van der Waals surface area contributed by atoms with Crippen LogP contribution in [0.2, 0.25) is 0 Å². The lowest BCUT2D eigenvalue weighted by molar-refractivity contribution is 0.102. The fourth-order valence-corrected chi connectivity index (χ4v) is 1.97. The summed E-state index contributed by atoms with van der Waals surface area (Å²) in [7, 11) is 0. The van der Waals surface area contributed by atoms with Gasteiger partial charge in [0.05, 0.1) is 12.4 Å². The third-order valence-electron chi connectivity index (χ3n) is 2.23. The molecule has 0 aliphatic carbocycles. The Balaban J connectivity index is 2.76. The second-order valence-corrected chi connectivity index (χ2v) is 4.75. The normalized spacial score (nSPS) is 10.2. The van der Waals surface area contributed by atoms with E-state index >= 15 is 0 Å². The summed E-state index contributed by atoms with van der Waals surface area (Å²) < 4.78 is 5.44. The average Bonchev–Trinajstić information content (AvgIpc) is 2.29. The van der Waals surface area contributed by atoms with E-state index in [0.29, 0.717) is 12.4 Å². The first-order valence-electron chi connectivity index (χ1n) is 5.53. The van der Waals surface area contributed by atoms with Crippen molar-refractivity contribution in [2.45, 2.75) is 20.8 Å². The van der Waals surface area contributed by atoms with E-state index < -0.39 is 0 Å². The molecule has 88 valence electrons. The van der Waals surface area contributed by atoms with Gasteiger partial charge in [0.15, 0.2) is 5.78 Å². The van der Waals surface area contributed by atoms with Gasteiger partial charge >= 0.3 is 0 Å². The van der Waals surface area contributed by atoms with Crippen LogP contribution in [-0.2, 0) is 0 Å². The zero-order valence-electron chi connectivity index (χ0n) is 10.1. The van der Waals surface area contributed by atoms with Gasteiger partial charge in [-0.2, -0.15) is 11.8 Å². The van der Waals surface area contributed by atoms with Crippen LogP contribution in [0.1, 0.15) is 29.8 Å². The maximum absolute atomic E-state index is 11.8. The maximum atomic E-state index is 11.8. The summed E-state index contributed by atoms with van der Waals surface area (Å²) >= 11 is 1.65. The van der Waals surface area contributed by atoms with Gasteiger partial charge in [-0.25, -0.2) is 0 Å². The largest absolute Gasteiger partial charge is 0.494 e. The molecule has 0 aliphatic rings. The van der Waals surface area contributed by atoms with Crippen molar-refractivity contribution in [3.63, 3.8) is 0 Å². The molecule has 0 heterocycles. The highest BCUT2D eigenvalue weighted by atomic mass is 32.2. The zero-order chi connectivity index (χ0) is 12.0. The Labute approximate surface area is 101 Å². The van der Waals surface area contributed by atoms with Gasteiger partial charge in [0, 0.05) is 5.56 Å². The number of benzene rings is 1. The highest BCUT2D eigenvalue weighted by Gasteiger charge is 2.07. The summed E-state index contributed by atoms with van der Waals surface area (Å²) in [5, 5.41) is 0. The smallest absolute Gasteiger partial charge is 0.172 e. The predicted molar refractivity (Wildman–Crippen MR) is 69.7 cm³/mol. The van der Waals surface area contributed by atoms with Crippen molar-refractivity contribution < 1.29 is 9.53 Å². The molecule has 2 nitrogen and oxygen atoms in total. The highest BCUT2D eigenvalue weighted by Crippen LogP contribution is 2.20. The number of hydrogen-bond acceptors (Lipinski definition) is 3. The third-order valence-corrected chi connectivity index (χ3v) is 3.11. The number of thioether (sulfide) groups is 1. The summed E-state index contributed by atoms with van der Waals surface area (Å²) in [5.41, 5.74) is 1.80. The molecule has 0 saturated heterocycles. The molecule has 1 rings (SSSR count). The minimum atomic E-state index is 0.193. The van der Waals surface area contributed by atoms with E-state index in [4.69, 9.17) is 4.74 Å². The molecule has 0 spiro atoms. The van der Waals surface area contributed by atoms with Gasteiger partial charge in [0.25, 0.3) is 0 Å². The molecule has 1 aromatic rings. The summed E-state index contributed by atoms with van der Waals surface area (Å²) in [6.07, 6.45) is 0. The lowest BCUT2D eigenvalue weighted by atomic mass is 10.1. The second kappa shape index (κ2) is 6.59. The Morgan fingerprint density at radius 3 is 2.69 bits per heavy atom. The van der Waals surface area contributed by atoms with Crippen LogP contribution in [0.5, 0.6) is 5.75 Å². The number of aryl methyl sites for hydroxylation is 1. The number of ether oxygens (including phenoxy) is 1. The molecular weight excluding hydrogens is 220 g/mol. The minimum absolute atomic E-state index is 0.193. The molecule has 0 bridgehead atoms. The molecule has 3 heteroatoms. The molecular formula is C13H18O2S. The molecule has 1 aromatic carbocycles. The van der Waals surface area contributed by atoms with Gasteiger partial charge < -0.3 is 4.74 Å². The summed E-state index contributed by atoms with van der Waals surface area (Å²) in [6.45, 7) is 6.63. The van der Waals surface area contributed by atoms with Gasteiger partial charge in [-0.05, 0) is 43.4 Å². The fraction of sp³-hybridized carbons (Fsp3) is 0.462. The van der Waals surface area contributed by atoms with E-state index in [1.165, 1.54) is 0 Å². The number of carbonyl (C=O) groups excluding carboxylic acids is 1. The quantitative estimate of drug-likeness (QED) is 0.711. The van der Waals surface area contributed by atoms with E-state index in [2.05, 4.69) is 6.92 Å². The minimum Gasteiger partial charge on any atom is -0.494 e. The van der Waals surface area contributed by atoms with E-state index in [-0.39, 0.29) is 5.78 Å². The molecule has 0 radical (unpaired) electrons. The van der Waals surface area contributed by atoms with Crippen LogP contribution in [0, 0.1) is 6.92 Å². The Kier molecular flexibility index (Phi) is 5.39. The van der Waals surface area contributed by atoms with Crippen LogP contribution in [-0.4, -0.2) is 23.9 Å². The Bertz CT molecular complexity index is 361. The zero-order valence-corrected chi connectivity index (χ0v) is 10.9. The molecule has 0 aromatic heterocycles. The molecule has 0 N–H and O–H groups in total. The molecule has 0 unspecified atom stereocenters. The molecule has 0 amide bonds. The van der Waals surface area contributed by atoms with E-state index in [1.54, 1.807) is 11.8 Å². The maximum Gasteiger partial charge on any atom is 0.172 e. The monoisotopic (exact) mass is 238 g/mol. The van der Waals surface area contributed by atoms with Gasteiger partial charge in [-0.15, -0.1) is 0 Å². The van der Waals surface area contributed by atoms with Gasteiger partial charge in [0.2, 0.25) is 0 Å². The first-order chi connectivity index (χ1) is 7.69. The van der Waals surface area contributed by atoms with E-state index in [1.807, 2.05) is 32.0 Å². The fourth-order valence-electron chi connectivity index (χ4n) is 1.42. The third kappa shape index (κ3) is 3.56. The van der Waals surface area contributed by atoms with Crippen LogP contribution in [0.3, 0.4) is 0 Å². The number of carbonyl (C=O) groups is 1. The molecule has 0 aliphatic heterocycles. The summed E-state index contributed by atoms with van der Waals surface area (Å²) in [5.74, 6) is 2.59. The lowest BCUT2D eigenvalue weighted by Gasteiger charge is -2.08. The lowest BCUT2D eigenvalue weighted by Crippen LogP contribution is -2.04. The summed E-state index contributed by atoms with van der Waals surface area (Å²) in [6, 6.07) is 5.63. The van der Waals surface area contributed by atoms with Crippen LogP contribution in [0.25, 0.3) is 0 Å². The summed E-state index contributed by atoms with van der Waals surface area (Å²) in [4.78, 5) is 11.8. The van der Waals surface area contributed by atoms with Gasteiger partial charge in [-0.1, -0.05) is 6.92 Å². The number of rotatable bonds is 6. The van der Waals surface area contributed by atoms with E-state index in [0.717, 1.165) is 22.6 Å². The Morgan fingerprint density at radius 2 is 2.12 bits per heavy atom. The SMILES string of the molecule is CCOc1ccc(C(=O)CSCC)cc1C. The van der Waals surface area contributed by atoms with Crippen molar-refractivity contribution >= 4 is 17.5 Å². The molecule has 16 heavy (non-hydrogen) atoms. The average molecular weight is 238 g/mol. The van der Waals surface area contributed by atoms with E-state index in [9.17, 15) is 4.79 Å². The second-order valence-electron chi connectivity index (χ2n) is 3.47. The molecule has 0 atom stereocenters. The Morgan fingerprint density at radius 1 is 1.38 bits per heavy atom. The standard InChI is InChI=1S/C13H18O2S/c1-4-15-13-7-6-11(8-10(13)3)12(14)9-16-5-2/h6-8H,4-5,9H2,1-3H3. The van der Waals surface area contributed by atoms with Crippen LogP contribution >= 0.6 is 11.8 Å². The van der Waals surface area contributed by atoms with Crippen LogP contribution in [0.4, 0.5) is 0 Å². The highest BCUT2D eigenvalue weighted by molar-refractivity contribution is 7.99. The number of hydrogen-bond donors (Lipinski definition) is 0. The van der Waals surface area contributed by atoms with Crippen molar-refractivity contribution in [2.75, 3.05) is 18.1 Å². The van der Waals surface area contributed by atoms with Crippen molar-refractivity contribution in [3.8, 4) is 5.75 Å². The van der Waals surface area contributed by atoms with Crippen LogP contribution < -0.4 is 4.74 Å². The topological polar surface area (TPSA) is 26.3 Å². The van der Waals surface area contributed by atoms with Crippen LogP contribution in [0.15, 0.2) is 18.2 Å². The van der Waals surface area contributed by atoms with Gasteiger partial charge in [0.1, 0.15) is 5.75 Å². The van der Waals surface area contributed by atoms with Crippen molar-refractivity contribution in [1.29, 1.82) is 0 Å². The first kappa shape index (κ1) is 13.1.